The van der Waals surface area contributed by atoms with Gasteiger partial charge in [0.1, 0.15) is 0 Å². The highest BCUT2D eigenvalue weighted by molar-refractivity contribution is 9.10. The summed E-state index contributed by atoms with van der Waals surface area (Å²) in [7, 11) is 1.76. The van der Waals surface area contributed by atoms with Gasteiger partial charge in [0.05, 0.1) is 12.6 Å². The fraction of sp³-hybridized carbons (Fsp3) is 0.300. The third-order valence-corrected chi connectivity index (χ3v) is 4.90. The number of rotatable bonds is 6. The van der Waals surface area contributed by atoms with Gasteiger partial charge in [0, 0.05) is 15.8 Å². The summed E-state index contributed by atoms with van der Waals surface area (Å²) < 4.78 is 0.893. The highest BCUT2D eigenvalue weighted by Crippen LogP contribution is 2.18. The highest BCUT2D eigenvalue weighted by Gasteiger charge is 2.20. The highest BCUT2D eigenvalue weighted by atomic mass is 79.9. The number of hydrogen-bond donors (Lipinski definition) is 2. The Balaban J connectivity index is 1.93. The molecule has 1 atom stereocenters. The topological polar surface area (TPSA) is 61.4 Å². The lowest BCUT2D eigenvalue weighted by atomic mass is 10.1. The van der Waals surface area contributed by atoms with Crippen molar-refractivity contribution in [2.24, 2.45) is 0 Å². The van der Waals surface area contributed by atoms with Crippen LogP contribution in [-0.4, -0.2) is 36.3 Å². The number of likely N-dealkylation sites (N-methyl/N-ethyl adjacent to an activating group) is 1. The van der Waals surface area contributed by atoms with Crippen LogP contribution < -0.4 is 10.6 Å². The van der Waals surface area contributed by atoms with E-state index in [4.69, 9.17) is 0 Å². The number of nitrogens with one attached hydrogen (secondary N) is 2. The second-order valence-corrected chi connectivity index (χ2v) is 7.30. The molecular weight excluding hydrogens is 394 g/mol. The van der Waals surface area contributed by atoms with E-state index in [9.17, 15) is 9.59 Å². The number of anilines is 2. The number of carbonyl (C=O) groups is 2. The van der Waals surface area contributed by atoms with E-state index in [1.807, 2.05) is 56.3 Å². The van der Waals surface area contributed by atoms with E-state index in [0.29, 0.717) is 5.69 Å². The molecule has 0 heterocycles. The van der Waals surface area contributed by atoms with Crippen LogP contribution >= 0.6 is 15.9 Å². The number of aryl methyl sites for hydroxylation is 1. The molecule has 0 saturated carbocycles. The van der Waals surface area contributed by atoms with E-state index in [2.05, 4.69) is 26.6 Å². The molecular formula is C20H24BrN3O2. The van der Waals surface area contributed by atoms with Crippen LogP contribution in [0.15, 0.2) is 46.9 Å². The minimum absolute atomic E-state index is 0.125. The molecule has 0 aromatic heterocycles. The molecule has 0 saturated heterocycles. The van der Waals surface area contributed by atoms with Gasteiger partial charge in [-0.1, -0.05) is 34.1 Å². The zero-order chi connectivity index (χ0) is 19.3. The molecule has 2 aromatic carbocycles. The van der Waals surface area contributed by atoms with Crippen LogP contribution in [0.25, 0.3) is 0 Å². The average Bonchev–Trinajstić information content (AvgIpc) is 2.58. The van der Waals surface area contributed by atoms with Gasteiger partial charge in [0.2, 0.25) is 11.8 Å². The molecule has 2 amide bonds. The Morgan fingerprint density at radius 1 is 1.12 bits per heavy atom. The molecule has 0 spiro atoms. The summed E-state index contributed by atoms with van der Waals surface area (Å²) in [6.45, 7) is 5.88. The first-order valence-corrected chi connectivity index (χ1v) is 9.20. The van der Waals surface area contributed by atoms with Crippen LogP contribution in [0, 0.1) is 13.8 Å². The van der Waals surface area contributed by atoms with Gasteiger partial charge in [-0.15, -0.1) is 0 Å². The zero-order valence-electron chi connectivity index (χ0n) is 15.5. The first kappa shape index (κ1) is 20.1. The van der Waals surface area contributed by atoms with Crippen LogP contribution in [0.2, 0.25) is 0 Å². The van der Waals surface area contributed by atoms with Crippen molar-refractivity contribution in [2.75, 3.05) is 24.2 Å². The second kappa shape index (κ2) is 8.96. The van der Waals surface area contributed by atoms with E-state index in [-0.39, 0.29) is 18.4 Å². The maximum Gasteiger partial charge on any atom is 0.241 e. The van der Waals surface area contributed by atoms with Crippen molar-refractivity contribution in [3.8, 4) is 0 Å². The predicted octanol–water partition coefficient (Wildman–Crippen LogP) is 3.96. The molecule has 138 valence electrons. The Labute approximate surface area is 162 Å². The van der Waals surface area contributed by atoms with E-state index < -0.39 is 6.04 Å². The van der Waals surface area contributed by atoms with Gasteiger partial charge >= 0.3 is 0 Å². The summed E-state index contributed by atoms with van der Waals surface area (Å²) in [6, 6.07) is 12.7. The minimum Gasteiger partial charge on any atom is -0.325 e. The third-order valence-electron chi connectivity index (χ3n) is 4.40. The molecule has 26 heavy (non-hydrogen) atoms. The summed E-state index contributed by atoms with van der Waals surface area (Å²) in [4.78, 5) is 26.4. The molecule has 6 heteroatoms. The van der Waals surface area contributed by atoms with E-state index >= 15 is 0 Å². The lowest BCUT2D eigenvalue weighted by Gasteiger charge is -2.23. The largest absolute Gasteiger partial charge is 0.325 e. The molecule has 2 aromatic rings. The second-order valence-electron chi connectivity index (χ2n) is 6.39. The molecule has 2 N–H and O–H groups in total. The first-order valence-electron chi connectivity index (χ1n) is 8.40. The smallest absolute Gasteiger partial charge is 0.241 e. The van der Waals surface area contributed by atoms with Gasteiger partial charge < -0.3 is 10.6 Å². The lowest BCUT2D eigenvalue weighted by Crippen LogP contribution is -2.43. The van der Waals surface area contributed by atoms with Gasteiger partial charge in [-0.05, 0) is 63.2 Å². The molecule has 2 rings (SSSR count). The van der Waals surface area contributed by atoms with Gasteiger partial charge in [0.15, 0.2) is 0 Å². The Kier molecular flexibility index (Phi) is 6.94. The monoisotopic (exact) mass is 417 g/mol. The Hall–Kier alpha value is -2.18. The van der Waals surface area contributed by atoms with Crippen LogP contribution in [0.4, 0.5) is 11.4 Å². The van der Waals surface area contributed by atoms with Crippen LogP contribution in [-0.2, 0) is 9.59 Å². The van der Waals surface area contributed by atoms with E-state index in [0.717, 1.165) is 21.3 Å². The normalized spacial score (nSPS) is 11.9. The van der Waals surface area contributed by atoms with Crippen LogP contribution in [0.3, 0.4) is 0 Å². The van der Waals surface area contributed by atoms with Crippen molar-refractivity contribution in [2.45, 2.75) is 26.8 Å². The van der Waals surface area contributed by atoms with Gasteiger partial charge in [0.25, 0.3) is 0 Å². The van der Waals surface area contributed by atoms with Gasteiger partial charge in [-0.2, -0.15) is 0 Å². The fourth-order valence-corrected chi connectivity index (χ4v) is 2.85. The van der Waals surface area contributed by atoms with Crippen molar-refractivity contribution in [3.63, 3.8) is 0 Å². The third kappa shape index (κ3) is 5.41. The molecule has 0 fully saturated rings. The Morgan fingerprint density at radius 3 is 2.50 bits per heavy atom. The van der Waals surface area contributed by atoms with Crippen molar-refractivity contribution in [1.29, 1.82) is 0 Å². The Bertz CT molecular complexity index is 807. The molecule has 0 aliphatic carbocycles. The maximum absolute atomic E-state index is 12.4. The first-order chi connectivity index (χ1) is 12.3. The van der Waals surface area contributed by atoms with E-state index in [1.165, 1.54) is 0 Å². The molecule has 0 aliphatic heterocycles. The molecule has 0 radical (unpaired) electrons. The number of nitrogens with zero attached hydrogens (tertiary/aromatic N) is 1. The summed E-state index contributed by atoms with van der Waals surface area (Å²) in [6.07, 6.45) is 0. The van der Waals surface area contributed by atoms with Crippen LogP contribution in [0.1, 0.15) is 18.1 Å². The summed E-state index contributed by atoms with van der Waals surface area (Å²) in [5, 5.41) is 5.78. The number of carbonyl (C=O) groups excluding carboxylic acids is 2. The zero-order valence-corrected chi connectivity index (χ0v) is 17.1. The Morgan fingerprint density at radius 2 is 1.81 bits per heavy atom. The summed E-state index contributed by atoms with van der Waals surface area (Å²) in [5.41, 5.74) is 3.68. The molecule has 0 aliphatic rings. The maximum atomic E-state index is 12.4. The lowest BCUT2D eigenvalue weighted by molar-refractivity contribution is -0.122. The van der Waals surface area contributed by atoms with Gasteiger partial charge in [-0.3, -0.25) is 14.5 Å². The number of amides is 2. The fourth-order valence-electron chi connectivity index (χ4n) is 2.45. The molecule has 0 bridgehead atoms. The molecule has 1 unspecified atom stereocenters. The van der Waals surface area contributed by atoms with Crippen molar-refractivity contribution in [3.05, 3.63) is 58.1 Å². The number of halogens is 1. The molecule has 5 nitrogen and oxygen atoms in total. The number of hydrogen-bond acceptors (Lipinski definition) is 3. The predicted molar refractivity (Wildman–Crippen MR) is 109 cm³/mol. The van der Waals surface area contributed by atoms with Crippen molar-refractivity contribution < 1.29 is 9.59 Å². The standard InChI is InChI=1S/C20H24BrN3O2/c1-13-7-5-10-18(14(13)2)23-19(25)12-24(4)15(3)20(26)22-17-9-6-8-16(21)11-17/h5-11,15H,12H2,1-4H3,(H,22,26)(H,23,25). The number of benzene rings is 2. The van der Waals surface area contributed by atoms with Crippen molar-refractivity contribution in [1.82, 2.24) is 4.90 Å². The quantitative estimate of drug-likeness (QED) is 0.747. The van der Waals surface area contributed by atoms with Gasteiger partial charge in [-0.25, -0.2) is 0 Å². The van der Waals surface area contributed by atoms with Crippen molar-refractivity contribution >= 4 is 39.1 Å². The average molecular weight is 418 g/mol. The van der Waals surface area contributed by atoms with Crippen LogP contribution in [0.5, 0.6) is 0 Å². The van der Waals surface area contributed by atoms with E-state index in [1.54, 1.807) is 18.9 Å². The summed E-state index contributed by atoms with van der Waals surface area (Å²) >= 11 is 3.38. The summed E-state index contributed by atoms with van der Waals surface area (Å²) in [5.74, 6) is -0.312. The minimum atomic E-state index is -0.446. The SMILES string of the molecule is Cc1cccc(NC(=O)CN(C)C(C)C(=O)Nc2cccc(Br)c2)c1C.